The lowest BCUT2D eigenvalue weighted by molar-refractivity contribution is -0.144. The number of hydrogen-bond donors (Lipinski definition) is 0. The summed E-state index contributed by atoms with van der Waals surface area (Å²) in [6, 6.07) is 3.95. The van der Waals surface area contributed by atoms with Gasteiger partial charge in [0.25, 0.3) is 5.56 Å². The Kier molecular flexibility index (Phi) is 5.65. The molecule has 2 rings (SSSR count). The van der Waals surface area contributed by atoms with E-state index >= 15 is 0 Å². The molecular formula is C17H13F4N3O2S. The Balaban J connectivity index is 2.76. The summed E-state index contributed by atoms with van der Waals surface area (Å²) in [6.45, 7) is 5.44. The van der Waals surface area contributed by atoms with Crippen molar-refractivity contribution in [2.45, 2.75) is 18.0 Å². The van der Waals surface area contributed by atoms with Crippen LogP contribution in [0, 0.1) is 17.1 Å². The van der Waals surface area contributed by atoms with Crippen molar-refractivity contribution in [3.8, 4) is 11.8 Å². The first-order valence-electron chi connectivity index (χ1n) is 7.38. The topological polar surface area (TPSA) is 67.8 Å². The van der Waals surface area contributed by atoms with E-state index in [1.54, 1.807) is 13.0 Å². The number of rotatable bonds is 4. The first-order chi connectivity index (χ1) is 12.5. The molecule has 27 heavy (non-hydrogen) atoms. The summed E-state index contributed by atoms with van der Waals surface area (Å²) in [4.78, 5) is 24.7. The van der Waals surface area contributed by atoms with E-state index in [4.69, 9.17) is 5.26 Å². The number of benzene rings is 1. The summed E-state index contributed by atoms with van der Waals surface area (Å²) in [7, 11) is 0.833. The van der Waals surface area contributed by atoms with Gasteiger partial charge in [-0.2, -0.15) is 18.4 Å². The van der Waals surface area contributed by atoms with E-state index < -0.39 is 34.6 Å². The average Bonchev–Trinajstić information content (AvgIpc) is 2.56. The quantitative estimate of drug-likeness (QED) is 0.450. The zero-order valence-electron chi connectivity index (χ0n) is 14.2. The third kappa shape index (κ3) is 4.14. The van der Waals surface area contributed by atoms with E-state index in [0.717, 1.165) is 36.5 Å². The molecule has 0 saturated carbocycles. The summed E-state index contributed by atoms with van der Waals surface area (Å²) in [5, 5.41) is 9.14. The maximum atomic E-state index is 14.4. The molecule has 0 radical (unpaired) electrons. The van der Waals surface area contributed by atoms with Crippen LogP contribution in [0.3, 0.4) is 0 Å². The van der Waals surface area contributed by atoms with Gasteiger partial charge in [0.1, 0.15) is 17.6 Å². The first kappa shape index (κ1) is 20.5. The van der Waals surface area contributed by atoms with Crippen molar-refractivity contribution >= 4 is 11.8 Å². The predicted molar refractivity (Wildman–Crippen MR) is 92.5 cm³/mol. The van der Waals surface area contributed by atoms with Crippen LogP contribution in [0.1, 0.15) is 18.2 Å². The fourth-order valence-corrected chi connectivity index (χ4v) is 3.10. The molecule has 0 aliphatic carbocycles. The molecule has 1 aromatic carbocycles. The summed E-state index contributed by atoms with van der Waals surface area (Å²) >= 11 is 1.13. The van der Waals surface area contributed by atoms with Gasteiger partial charge in [-0.3, -0.25) is 9.36 Å². The number of thioether (sulfide) groups is 1. The van der Waals surface area contributed by atoms with Gasteiger partial charge in [-0.15, -0.1) is 11.8 Å². The minimum absolute atomic E-state index is 0.0284. The number of aromatic nitrogens is 2. The maximum absolute atomic E-state index is 14.4. The molecule has 0 aliphatic rings. The van der Waals surface area contributed by atoms with E-state index in [1.807, 2.05) is 0 Å². The summed E-state index contributed by atoms with van der Waals surface area (Å²) in [5.41, 5.74) is -3.92. The smallest absolute Gasteiger partial charge is 0.292 e. The molecule has 10 heteroatoms. The van der Waals surface area contributed by atoms with Crippen LogP contribution in [0.25, 0.3) is 5.69 Å². The van der Waals surface area contributed by atoms with Crippen LogP contribution in [-0.4, -0.2) is 14.9 Å². The monoisotopic (exact) mass is 399 g/mol. The number of nitriles is 1. The fraction of sp³-hybridized carbons (Fsp3) is 0.235. The summed E-state index contributed by atoms with van der Waals surface area (Å²) < 4.78 is 53.7. The largest absolute Gasteiger partial charge is 0.431 e. The van der Waals surface area contributed by atoms with E-state index in [9.17, 15) is 27.2 Å². The number of nitrogens with zero attached hydrogens (tertiary/aromatic N) is 3. The zero-order chi connectivity index (χ0) is 20.5. The van der Waals surface area contributed by atoms with Crippen molar-refractivity contribution in [2.75, 3.05) is 5.75 Å². The van der Waals surface area contributed by atoms with Gasteiger partial charge in [-0.25, -0.2) is 13.8 Å². The molecule has 2 aromatic rings. The molecule has 0 atom stereocenters. The molecule has 0 aliphatic heterocycles. The Hall–Kier alpha value is -2.80. The second-order valence-electron chi connectivity index (χ2n) is 5.70. The van der Waals surface area contributed by atoms with E-state index in [2.05, 4.69) is 6.58 Å². The molecule has 5 nitrogen and oxygen atoms in total. The third-order valence-electron chi connectivity index (χ3n) is 3.50. The fourth-order valence-electron chi connectivity index (χ4n) is 2.24. The molecule has 0 spiro atoms. The normalized spacial score (nSPS) is 11.3. The van der Waals surface area contributed by atoms with Gasteiger partial charge in [-0.1, -0.05) is 12.2 Å². The highest BCUT2D eigenvalue weighted by molar-refractivity contribution is 7.99. The van der Waals surface area contributed by atoms with Gasteiger partial charge in [0.2, 0.25) is 0 Å². The zero-order valence-corrected chi connectivity index (χ0v) is 15.0. The van der Waals surface area contributed by atoms with Crippen LogP contribution in [0.5, 0.6) is 0 Å². The molecule has 0 saturated heterocycles. The van der Waals surface area contributed by atoms with Crippen LogP contribution in [0.4, 0.5) is 17.6 Å². The van der Waals surface area contributed by atoms with Crippen LogP contribution < -0.4 is 11.2 Å². The average molecular weight is 399 g/mol. The third-order valence-corrected chi connectivity index (χ3v) is 4.78. The van der Waals surface area contributed by atoms with Crippen LogP contribution in [0.15, 0.2) is 44.8 Å². The number of alkyl halides is 3. The molecule has 0 unspecified atom stereocenters. The van der Waals surface area contributed by atoms with Gasteiger partial charge in [0, 0.05) is 23.8 Å². The second kappa shape index (κ2) is 7.44. The van der Waals surface area contributed by atoms with Crippen molar-refractivity contribution in [2.24, 2.45) is 7.05 Å². The van der Waals surface area contributed by atoms with Crippen LogP contribution in [-0.2, 0) is 13.2 Å². The van der Waals surface area contributed by atoms with E-state index in [1.165, 1.54) is 0 Å². The highest BCUT2D eigenvalue weighted by atomic mass is 32.2. The SMILES string of the molecule is C=C(C)CSc1cc(-n2c(=O)cc(C(F)(F)F)n(C)c2=O)c(F)cc1C#N. The van der Waals surface area contributed by atoms with Crippen molar-refractivity contribution in [3.63, 3.8) is 0 Å². The van der Waals surface area contributed by atoms with Crippen molar-refractivity contribution in [1.29, 1.82) is 5.26 Å². The Morgan fingerprint density at radius 3 is 2.44 bits per heavy atom. The van der Waals surface area contributed by atoms with Gasteiger partial charge in [-0.05, 0) is 19.1 Å². The number of hydrogen-bond acceptors (Lipinski definition) is 4. The van der Waals surface area contributed by atoms with Gasteiger partial charge >= 0.3 is 11.9 Å². The van der Waals surface area contributed by atoms with E-state index in [0.29, 0.717) is 10.3 Å². The van der Waals surface area contributed by atoms with Crippen LogP contribution in [0.2, 0.25) is 0 Å². The highest BCUT2D eigenvalue weighted by Crippen LogP contribution is 2.29. The number of halogens is 4. The molecule has 0 bridgehead atoms. The minimum Gasteiger partial charge on any atom is -0.292 e. The Bertz CT molecular complexity index is 1080. The molecule has 1 heterocycles. The lowest BCUT2D eigenvalue weighted by Crippen LogP contribution is -2.41. The maximum Gasteiger partial charge on any atom is 0.431 e. The molecule has 0 amide bonds. The van der Waals surface area contributed by atoms with Gasteiger partial charge < -0.3 is 0 Å². The van der Waals surface area contributed by atoms with Gasteiger partial charge in [0.15, 0.2) is 0 Å². The Morgan fingerprint density at radius 1 is 1.30 bits per heavy atom. The summed E-state index contributed by atoms with van der Waals surface area (Å²) in [6.07, 6.45) is -4.92. The standard InChI is InChI=1S/C17H13F4N3O2S/c1-9(2)8-27-13-5-12(11(18)4-10(13)7-22)24-15(25)6-14(17(19,20)21)23(3)16(24)26/h4-6H,1,8H2,2-3H3. The van der Waals surface area contributed by atoms with Crippen LogP contribution >= 0.6 is 11.8 Å². The summed E-state index contributed by atoms with van der Waals surface area (Å²) in [5.74, 6) is -0.690. The molecule has 142 valence electrons. The molecule has 0 fully saturated rings. The van der Waals surface area contributed by atoms with Crippen molar-refractivity contribution in [3.05, 3.63) is 68.3 Å². The lowest BCUT2D eigenvalue weighted by atomic mass is 10.2. The van der Waals surface area contributed by atoms with Gasteiger partial charge in [0.05, 0.1) is 11.3 Å². The minimum atomic E-state index is -4.92. The molecule has 0 N–H and O–H groups in total. The highest BCUT2D eigenvalue weighted by Gasteiger charge is 2.35. The molecular weight excluding hydrogens is 386 g/mol. The van der Waals surface area contributed by atoms with E-state index in [-0.39, 0.29) is 21.1 Å². The van der Waals surface area contributed by atoms with Crippen molar-refractivity contribution in [1.82, 2.24) is 9.13 Å². The Labute approximate surface area is 155 Å². The predicted octanol–water partition coefficient (Wildman–Crippen LogP) is 3.23. The molecule has 1 aromatic heterocycles. The first-order valence-corrected chi connectivity index (χ1v) is 8.37. The Morgan fingerprint density at radius 2 is 1.93 bits per heavy atom. The second-order valence-corrected chi connectivity index (χ2v) is 6.72. The van der Waals surface area contributed by atoms with Crippen molar-refractivity contribution < 1.29 is 17.6 Å². The lowest BCUT2D eigenvalue weighted by Gasteiger charge is -2.15.